The first-order valence-corrected chi connectivity index (χ1v) is 13.3. The van der Waals surface area contributed by atoms with Gasteiger partial charge in [-0.15, -0.1) is 0 Å². The van der Waals surface area contributed by atoms with Gasteiger partial charge in [0.25, 0.3) is 0 Å². The molecule has 3 aliphatic rings. The van der Waals surface area contributed by atoms with Gasteiger partial charge in [-0.25, -0.2) is 0 Å². The second kappa shape index (κ2) is 10.4. The Morgan fingerprint density at radius 2 is 1.81 bits per heavy atom. The van der Waals surface area contributed by atoms with E-state index in [2.05, 4.69) is 5.16 Å². The van der Waals surface area contributed by atoms with Crippen LogP contribution in [0.2, 0.25) is 0 Å². The van der Waals surface area contributed by atoms with Gasteiger partial charge in [0.15, 0.2) is 34.7 Å². The molecule has 220 valence electrons. The lowest BCUT2D eigenvalue weighted by Gasteiger charge is -2.52. The second-order valence-electron chi connectivity index (χ2n) is 11.2. The Morgan fingerprint density at radius 1 is 1.10 bits per heavy atom. The molecule has 42 heavy (non-hydrogen) atoms. The molecule has 0 saturated heterocycles. The number of fused-ring (bicyclic) bond motifs is 3. The van der Waals surface area contributed by atoms with E-state index in [0.717, 1.165) is 0 Å². The van der Waals surface area contributed by atoms with Gasteiger partial charge in [0.2, 0.25) is 5.91 Å². The Labute approximate surface area is 241 Å². The number of aromatic hydroxyl groups is 1. The van der Waals surface area contributed by atoms with E-state index in [9.17, 15) is 34.2 Å². The lowest BCUT2D eigenvalue weighted by atomic mass is 9.52. The van der Waals surface area contributed by atoms with Gasteiger partial charge in [-0.3, -0.25) is 28.9 Å². The normalized spacial score (nSPS) is 28.9. The maximum absolute atomic E-state index is 14.0. The third-order valence-corrected chi connectivity index (χ3v) is 8.77. The van der Waals surface area contributed by atoms with Gasteiger partial charge < -0.3 is 25.5 Å². The quantitative estimate of drug-likeness (QED) is 0.248. The minimum absolute atomic E-state index is 0.0450. The van der Waals surface area contributed by atoms with E-state index in [1.54, 1.807) is 24.3 Å². The van der Waals surface area contributed by atoms with Gasteiger partial charge in [0.05, 0.1) is 30.8 Å². The summed E-state index contributed by atoms with van der Waals surface area (Å²) in [6, 6.07) is 7.07. The highest BCUT2D eigenvalue weighted by molar-refractivity contribution is 6.32. The molecule has 0 spiro atoms. The molecule has 0 aliphatic heterocycles. The number of likely N-dealkylation sites (N-methyl/N-ethyl adjacent to an activating group) is 1. The fraction of sp³-hybridized carbons (Fsp3) is 0.400. The minimum Gasteiger partial charge on any atom is -0.507 e. The van der Waals surface area contributed by atoms with Crippen LogP contribution in [0.25, 0.3) is 11.1 Å². The Balaban J connectivity index is 1.67. The van der Waals surface area contributed by atoms with Crippen LogP contribution in [0.15, 0.2) is 35.5 Å². The topological polar surface area (TPSA) is 186 Å². The van der Waals surface area contributed by atoms with Crippen LogP contribution in [0.4, 0.5) is 0 Å². The summed E-state index contributed by atoms with van der Waals surface area (Å²) in [7, 11) is 5.98. The van der Waals surface area contributed by atoms with Crippen molar-refractivity contribution >= 4 is 35.3 Å². The highest BCUT2D eigenvalue weighted by atomic mass is 16.6. The highest BCUT2D eigenvalue weighted by Crippen LogP contribution is 2.52. The largest absolute Gasteiger partial charge is 0.507 e. The van der Waals surface area contributed by atoms with Crippen LogP contribution in [0.5, 0.6) is 11.5 Å². The third-order valence-electron chi connectivity index (χ3n) is 8.77. The number of phenolic OH excluding ortho intramolecular Hbond substituents is 1. The smallest absolute Gasteiger partial charge is 0.235 e. The van der Waals surface area contributed by atoms with Crippen LogP contribution in [0, 0.1) is 23.7 Å². The van der Waals surface area contributed by atoms with Crippen LogP contribution in [0.3, 0.4) is 0 Å². The molecular formula is C30H31N3O9. The Kier molecular flexibility index (Phi) is 7.23. The van der Waals surface area contributed by atoms with Crippen LogP contribution in [-0.4, -0.2) is 90.3 Å². The Morgan fingerprint density at radius 3 is 2.43 bits per heavy atom. The van der Waals surface area contributed by atoms with Crippen molar-refractivity contribution in [2.45, 2.75) is 24.5 Å². The summed E-state index contributed by atoms with van der Waals surface area (Å²) in [5.41, 5.74) is 4.79. The van der Waals surface area contributed by atoms with Crippen molar-refractivity contribution in [3.8, 4) is 22.6 Å². The van der Waals surface area contributed by atoms with Crippen LogP contribution >= 0.6 is 0 Å². The molecule has 0 heterocycles. The number of ether oxygens (including phenoxy) is 1. The molecule has 2 unspecified atom stereocenters. The average molecular weight is 578 g/mol. The van der Waals surface area contributed by atoms with E-state index in [0.29, 0.717) is 28.0 Å². The van der Waals surface area contributed by atoms with E-state index in [4.69, 9.17) is 15.3 Å². The molecule has 0 bridgehead atoms. The number of oxime groups is 1. The molecule has 2 aromatic carbocycles. The number of nitrogens with zero attached hydrogens (tertiary/aromatic N) is 2. The Hall–Kier alpha value is -4.42. The Bertz CT molecular complexity index is 1570. The van der Waals surface area contributed by atoms with Gasteiger partial charge in [-0.2, -0.15) is 0 Å². The number of hydrogen-bond donors (Lipinski definition) is 3. The molecule has 2 fully saturated rings. The molecule has 2 saturated carbocycles. The molecule has 12 nitrogen and oxygen atoms in total. The fourth-order valence-electron chi connectivity index (χ4n) is 6.99. The number of aliphatic hydroxyl groups is 1. The maximum atomic E-state index is 14.0. The number of rotatable bonds is 6. The van der Waals surface area contributed by atoms with Crippen molar-refractivity contribution < 1.29 is 43.8 Å². The molecule has 0 radical (unpaired) electrons. The zero-order valence-electron chi connectivity index (χ0n) is 23.5. The number of primary amides is 1. The van der Waals surface area contributed by atoms with Gasteiger partial charge in [0, 0.05) is 11.5 Å². The summed E-state index contributed by atoms with van der Waals surface area (Å²) in [5.74, 6) is -10.5. The van der Waals surface area contributed by atoms with Gasteiger partial charge in [0.1, 0.15) is 18.6 Å². The zero-order chi connectivity index (χ0) is 30.7. The molecule has 4 N–H and O–H groups in total. The predicted octanol–water partition coefficient (Wildman–Crippen LogP) is 0.523. The number of hydrogen-bond acceptors (Lipinski definition) is 11. The zero-order valence-corrected chi connectivity index (χ0v) is 23.5. The number of ketones is 4. The second-order valence-corrected chi connectivity index (χ2v) is 11.2. The summed E-state index contributed by atoms with van der Waals surface area (Å²) in [6.45, 7) is 0. The van der Waals surface area contributed by atoms with Crippen molar-refractivity contribution in [2.24, 2.45) is 34.6 Å². The molecule has 3 aliphatic carbocycles. The number of Topliss-reactive ketones (excluding diaryl/α,β-unsaturated/α-hetero) is 4. The van der Waals surface area contributed by atoms with E-state index in [1.165, 1.54) is 45.5 Å². The number of carbonyl (C=O) groups is 5. The van der Waals surface area contributed by atoms with E-state index >= 15 is 0 Å². The van der Waals surface area contributed by atoms with Crippen molar-refractivity contribution in [1.82, 2.24) is 4.90 Å². The van der Waals surface area contributed by atoms with Crippen LogP contribution in [0.1, 0.15) is 27.9 Å². The summed E-state index contributed by atoms with van der Waals surface area (Å²) in [6.07, 6.45) is 1.57. The highest BCUT2D eigenvalue weighted by Gasteiger charge is 2.69. The van der Waals surface area contributed by atoms with Gasteiger partial charge >= 0.3 is 0 Å². The summed E-state index contributed by atoms with van der Waals surface area (Å²) >= 11 is 0. The number of amides is 1. The first kappa shape index (κ1) is 29.1. The summed E-state index contributed by atoms with van der Waals surface area (Å²) < 4.78 is 5.58. The summed E-state index contributed by atoms with van der Waals surface area (Å²) in [5, 5.41) is 26.4. The number of methoxy groups -OCH3 is 1. The first-order valence-electron chi connectivity index (χ1n) is 13.3. The van der Waals surface area contributed by atoms with Gasteiger partial charge in [-0.1, -0.05) is 11.2 Å². The van der Waals surface area contributed by atoms with E-state index in [-0.39, 0.29) is 24.2 Å². The average Bonchev–Trinajstić information content (AvgIpc) is 2.93. The molecule has 2 aromatic rings. The molecule has 5 rings (SSSR count). The molecule has 6 atom stereocenters. The SMILES string of the molecule is CON=Cc1ccc(OC)c(-c2ccc(O)c3c2C[C@H]2C[C@H]4[C@H](N(C)C)C(=O)C(C(N)=O)C(=O)[C@@]4(O)C(=O)C2C3=O)c1. The number of phenols is 1. The van der Waals surface area contributed by atoms with Crippen LogP contribution < -0.4 is 10.5 Å². The molecular weight excluding hydrogens is 546 g/mol. The van der Waals surface area contributed by atoms with E-state index < -0.39 is 64.4 Å². The third kappa shape index (κ3) is 4.12. The predicted molar refractivity (Wildman–Crippen MR) is 148 cm³/mol. The molecule has 0 aromatic heterocycles. The monoisotopic (exact) mass is 577 g/mol. The lowest BCUT2D eigenvalue weighted by Crippen LogP contribution is -2.74. The lowest BCUT2D eigenvalue weighted by molar-refractivity contribution is -0.181. The minimum atomic E-state index is -2.78. The fourth-order valence-corrected chi connectivity index (χ4v) is 6.99. The standard InChI is InChI=1S/C30H31N3O9/c1-33(2)24-18-11-14-10-17-15(16-9-13(12-32-42-4)5-8-20(16)41-3)6-7-19(34)22(17)25(35)21(14)27(37)30(18,40)28(38)23(26(24)36)29(31)39/h5-9,12,14,18,21,23-24,34,40H,10-11H2,1-4H3,(H2,31,39)/t14-,18-,21?,23?,24-,30-/m0/s1. The van der Waals surface area contributed by atoms with Crippen molar-refractivity contribution in [3.63, 3.8) is 0 Å². The van der Waals surface area contributed by atoms with Crippen molar-refractivity contribution in [3.05, 3.63) is 47.0 Å². The maximum Gasteiger partial charge on any atom is 0.235 e. The van der Waals surface area contributed by atoms with Crippen molar-refractivity contribution in [2.75, 3.05) is 28.3 Å². The molecule has 12 heteroatoms. The molecule has 1 amide bonds. The summed E-state index contributed by atoms with van der Waals surface area (Å²) in [4.78, 5) is 73.1. The van der Waals surface area contributed by atoms with Gasteiger partial charge in [-0.05, 0) is 73.8 Å². The van der Waals surface area contributed by atoms with Crippen LogP contribution in [-0.2, 0) is 30.4 Å². The number of carbonyl (C=O) groups excluding carboxylic acids is 5. The number of benzene rings is 2. The first-order chi connectivity index (χ1) is 19.9. The van der Waals surface area contributed by atoms with E-state index in [1.807, 2.05) is 0 Å². The van der Waals surface area contributed by atoms with Crippen molar-refractivity contribution in [1.29, 1.82) is 0 Å². The number of nitrogens with two attached hydrogens (primary N) is 1.